The standard InChI is InChI=1S/C14H16N2OS2/c1-3-4-11-5-7-12(8-6-11)13(17)9-18-14-15-10(2)16-19-14/h5-8H,3-4,9H2,1-2H3. The maximum atomic E-state index is 12.0. The molecule has 0 radical (unpaired) electrons. The van der Waals surface area contributed by atoms with Crippen LogP contribution in [0.5, 0.6) is 0 Å². The second-order valence-corrected chi connectivity index (χ2v) is 6.24. The van der Waals surface area contributed by atoms with Gasteiger partial charge in [-0.05, 0) is 30.4 Å². The van der Waals surface area contributed by atoms with Crippen molar-refractivity contribution in [3.8, 4) is 0 Å². The van der Waals surface area contributed by atoms with Gasteiger partial charge in [-0.25, -0.2) is 4.98 Å². The first-order valence-corrected chi connectivity index (χ1v) is 8.00. The minimum Gasteiger partial charge on any atom is -0.293 e. The average Bonchev–Trinajstić information content (AvgIpc) is 2.83. The Labute approximate surface area is 121 Å². The van der Waals surface area contributed by atoms with Crippen LogP contribution in [-0.2, 0) is 6.42 Å². The molecule has 3 nitrogen and oxygen atoms in total. The van der Waals surface area contributed by atoms with E-state index in [4.69, 9.17) is 0 Å². The summed E-state index contributed by atoms with van der Waals surface area (Å²) in [5, 5.41) is 0. The predicted molar refractivity (Wildman–Crippen MR) is 80.1 cm³/mol. The van der Waals surface area contributed by atoms with Crippen molar-refractivity contribution < 1.29 is 4.79 Å². The summed E-state index contributed by atoms with van der Waals surface area (Å²) >= 11 is 2.80. The Bertz CT molecular complexity index is 549. The molecule has 1 aromatic heterocycles. The highest BCUT2D eigenvalue weighted by Gasteiger charge is 2.08. The molecule has 2 aromatic rings. The minimum atomic E-state index is 0.140. The van der Waals surface area contributed by atoms with E-state index >= 15 is 0 Å². The van der Waals surface area contributed by atoms with Gasteiger partial charge in [-0.2, -0.15) is 4.37 Å². The van der Waals surface area contributed by atoms with E-state index in [-0.39, 0.29) is 5.78 Å². The molecule has 0 N–H and O–H groups in total. The molecule has 0 amide bonds. The third-order valence-electron chi connectivity index (χ3n) is 2.65. The molecule has 1 aromatic carbocycles. The topological polar surface area (TPSA) is 42.9 Å². The number of ketones is 1. The van der Waals surface area contributed by atoms with Crippen LogP contribution >= 0.6 is 23.3 Å². The van der Waals surface area contributed by atoms with Crippen molar-refractivity contribution in [2.45, 2.75) is 31.0 Å². The third kappa shape index (κ3) is 4.14. The van der Waals surface area contributed by atoms with Crippen LogP contribution in [0.25, 0.3) is 0 Å². The third-order valence-corrected chi connectivity index (χ3v) is 4.58. The van der Waals surface area contributed by atoms with E-state index < -0.39 is 0 Å². The lowest BCUT2D eigenvalue weighted by atomic mass is 10.1. The maximum Gasteiger partial charge on any atom is 0.173 e. The predicted octanol–water partition coefficient (Wildman–Crippen LogP) is 3.77. The number of hydrogen-bond donors (Lipinski definition) is 0. The van der Waals surface area contributed by atoms with Gasteiger partial charge >= 0.3 is 0 Å². The number of aromatic nitrogens is 2. The van der Waals surface area contributed by atoms with Gasteiger partial charge in [0.25, 0.3) is 0 Å². The summed E-state index contributed by atoms with van der Waals surface area (Å²) in [6.45, 7) is 4.01. The number of aryl methyl sites for hydroxylation is 2. The van der Waals surface area contributed by atoms with Crippen LogP contribution in [0.2, 0.25) is 0 Å². The van der Waals surface area contributed by atoms with E-state index in [0.29, 0.717) is 5.75 Å². The van der Waals surface area contributed by atoms with Crippen LogP contribution in [0.1, 0.15) is 35.1 Å². The molecule has 0 bridgehead atoms. The van der Waals surface area contributed by atoms with Gasteiger partial charge in [-0.1, -0.05) is 49.4 Å². The SMILES string of the molecule is CCCc1ccc(C(=O)CSc2nc(C)ns2)cc1. The average molecular weight is 292 g/mol. The summed E-state index contributed by atoms with van der Waals surface area (Å²) < 4.78 is 4.95. The van der Waals surface area contributed by atoms with E-state index in [0.717, 1.165) is 28.6 Å². The van der Waals surface area contributed by atoms with Crippen molar-refractivity contribution in [1.82, 2.24) is 9.36 Å². The summed E-state index contributed by atoms with van der Waals surface area (Å²) in [7, 11) is 0. The second-order valence-electron chi connectivity index (χ2n) is 4.27. The summed E-state index contributed by atoms with van der Waals surface area (Å²) in [6.07, 6.45) is 2.19. The summed E-state index contributed by atoms with van der Waals surface area (Å²) in [5.41, 5.74) is 2.06. The minimum absolute atomic E-state index is 0.140. The number of nitrogens with zero attached hydrogens (tertiary/aromatic N) is 2. The second kappa shape index (κ2) is 6.82. The smallest absolute Gasteiger partial charge is 0.173 e. The van der Waals surface area contributed by atoms with Gasteiger partial charge in [0.1, 0.15) is 5.82 Å². The normalized spacial score (nSPS) is 10.6. The number of rotatable bonds is 6. The monoisotopic (exact) mass is 292 g/mol. The molecule has 2 rings (SSSR count). The lowest BCUT2D eigenvalue weighted by Gasteiger charge is -2.02. The molecule has 0 aliphatic rings. The first-order chi connectivity index (χ1) is 9.19. The Morgan fingerprint density at radius 2 is 2.05 bits per heavy atom. The zero-order valence-electron chi connectivity index (χ0n) is 11.0. The zero-order chi connectivity index (χ0) is 13.7. The van der Waals surface area contributed by atoms with Crippen molar-refractivity contribution >= 4 is 29.1 Å². The van der Waals surface area contributed by atoms with Gasteiger partial charge in [-0.15, -0.1) is 0 Å². The summed E-state index contributed by atoms with van der Waals surface area (Å²) in [6, 6.07) is 7.91. The molecule has 19 heavy (non-hydrogen) atoms. The van der Waals surface area contributed by atoms with Crippen LogP contribution < -0.4 is 0 Å². The van der Waals surface area contributed by atoms with E-state index in [2.05, 4.69) is 16.3 Å². The zero-order valence-corrected chi connectivity index (χ0v) is 12.7. The van der Waals surface area contributed by atoms with Crippen LogP contribution in [-0.4, -0.2) is 20.9 Å². The Morgan fingerprint density at radius 1 is 1.32 bits per heavy atom. The van der Waals surface area contributed by atoms with Crippen LogP contribution in [0.4, 0.5) is 0 Å². The molecular formula is C14H16N2OS2. The van der Waals surface area contributed by atoms with Crippen molar-refractivity contribution in [3.63, 3.8) is 0 Å². The maximum absolute atomic E-state index is 12.0. The number of thioether (sulfide) groups is 1. The van der Waals surface area contributed by atoms with Crippen molar-refractivity contribution in [2.75, 3.05) is 5.75 Å². The number of carbonyl (C=O) groups excluding carboxylic acids is 1. The van der Waals surface area contributed by atoms with Crippen molar-refractivity contribution in [3.05, 3.63) is 41.2 Å². The lowest BCUT2D eigenvalue weighted by Crippen LogP contribution is -2.02. The highest BCUT2D eigenvalue weighted by atomic mass is 32.2. The Morgan fingerprint density at radius 3 is 2.63 bits per heavy atom. The molecule has 5 heteroatoms. The largest absolute Gasteiger partial charge is 0.293 e. The molecule has 1 heterocycles. The fraction of sp³-hybridized carbons (Fsp3) is 0.357. The molecule has 0 fully saturated rings. The fourth-order valence-corrected chi connectivity index (χ4v) is 3.23. The first kappa shape index (κ1) is 14.2. The molecule has 0 unspecified atom stereocenters. The van der Waals surface area contributed by atoms with E-state index in [9.17, 15) is 4.79 Å². The quantitative estimate of drug-likeness (QED) is 0.600. The molecule has 100 valence electrons. The molecule has 0 aliphatic carbocycles. The first-order valence-electron chi connectivity index (χ1n) is 6.24. The molecule has 0 aliphatic heterocycles. The van der Waals surface area contributed by atoms with Crippen molar-refractivity contribution in [2.24, 2.45) is 0 Å². The lowest BCUT2D eigenvalue weighted by molar-refractivity contribution is 0.102. The van der Waals surface area contributed by atoms with Gasteiger partial charge < -0.3 is 0 Å². The van der Waals surface area contributed by atoms with Crippen LogP contribution in [0.3, 0.4) is 0 Å². The molecule has 0 saturated carbocycles. The molecule has 0 saturated heterocycles. The Hall–Kier alpha value is -1.20. The van der Waals surface area contributed by atoms with Crippen LogP contribution in [0.15, 0.2) is 28.6 Å². The molecule has 0 atom stereocenters. The number of Topliss-reactive ketones (excluding diaryl/α,β-unsaturated/α-hetero) is 1. The van der Waals surface area contributed by atoms with E-state index in [1.54, 1.807) is 0 Å². The van der Waals surface area contributed by atoms with E-state index in [1.165, 1.54) is 28.9 Å². The fourth-order valence-electron chi connectivity index (χ4n) is 1.69. The Kier molecular flexibility index (Phi) is 5.10. The number of hydrogen-bond acceptors (Lipinski definition) is 5. The van der Waals surface area contributed by atoms with Crippen molar-refractivity contribution in [1.29, 1.82) is 0 Å². The Balaban J connectivity index is 1.92. The molecular weight excluding hydrogens is 276 g/mol. The van der Waals surface area contributed by atoms with Gasteiger partial charge in [0.2, 0.25) is 0 Å². The summed E-state index contributed by atoms with van der Waals surface area (Å²) in [5.74, 6) is 1.33. The molecule has 0 spiro atoms. The highest BCUT2D eigenvalue weighted by Crippen LogP contribution is 2.21. The summed E-state index contributed by atoms with van der Waals surface area (Å²) in [4.78, 5) is 16.3. The number of carbonyl (C=O) groups is 1. The highest BCUT2D eigenvalue weighted by molar-refractivity contribution is 8.01. The van der Waals surface area contributed by atoms with E-state index in [1.807, 2.05) is 31.2 Å². The van der Waals surface area contributed by atoms with Gasteiger partial charge in [0.05, 0.1) is 5.75 Å². The van der Waals surface area contributed by atoms with Gasteiger partial charge in [0.15, 0.2) is 10.1 Å². The van der Waals surface area contributed by atoms with Gasteiger partial charge in [0, 0.05) is 5.56 Å². The number of benzene rings is 1. The van der Waals surface area contributed by atoms with Gasteiger partial charge in [-0.3, -0.25) is 4.79 Å². The van der Waals surface area contributed by atoms with Crippen LogP contribution in [0, 0.1) is 6.92 Å².